The minimum absolute atomic E-state index is 0. The van der Waals surface area contributed by atoms with Crippen LogP contribution in [0.5, 0.6) is 5.75 Å². The molecule has 3 unspecified atom stereocenters. The minimum atomic E-state index is -3.81. The number of rotatable bonds is 7. The maximum absolute atomic E-state index is 12.7. The van der Waals surface area contributed by atoms with Crippen LogP contribution < -0.4 is 20.1 Å². The second-order valence-electron chi connectivity index (χ2n) is 7.10. The predicted molar refractivity (Wildman–Crippen MR) is 108 cm³/mol. The molecule has 0 saturated carbocycles. The van der Waals surface area contributed by atoms with Crippen molar-refractivity contribution in [3.63, 3.8) is 0 Å². The Labute approximate surface area is 168 Å². The van der Waals surface area contributed by atoms with Crippen molar-refractivity contribution in [3.8, 4) is 5.75 Å². The maximum atomic E-state index is 12.7. The number of carbonyl (C=O) groups is 1. The third-order valence-corrected chi connectivity index (χ3v) is 6.17. The third-order valence-electron chi connectivity index (χ3n) is 4.71. The van der Waals surface area contributed by atoms with Crippen molar-refractivity contribution < 1.29 is 17.9 Å². The monoisotopic (exact) mass is 419 g/mol. The van der Waals surface area contributed by atoms with Gasteiger partial charge in [-0.2, -0.15) is 4.72 Å². The van der Waals surface area contributed by atoms with E-state index in [0.717, 1.165) is 19.5 Å². The van der Waals surface area contributed by atoms with Gasteiger partial charge in [-0.3, -0.25) is 4.79 Å². The van der Waals surface area contributed by atoms with E-state index in [-0.39, 0.29) is 35.2 Å². The van der Waals surface area contributed by atoms with Crippen LogP contribution in [-0.2, 0) is 14.8 Å². The van der Waals surface area contributed by atoms with Crippen molar-refractivity contribution >= 4 is 28.3 Å². The molecule has 3 N–H and O–H groups in total. The van der Waals surface area contributed by atoms with Gasteiger partial charge in [-0.25, -0.2) is 8.42 Å². The molecule has 1 aromatic rings. The summed E-state index contributed by atoms with van der Waals surface area (Å²) in [6.07, 6.45) is 0.836. The molecule has 1 aliphatic rings. The van der Waals surface area contributed by atoms with E-state index in [9.17, 15) is 13.2 Å². The zero-order chi connectivity index (χ0) is 19.3. The van der Waals surface area contributed by atoms with Crippen molar-refractivity contribution in [2.75, 3.05) is 20.2 Å². The number of piperidine rings is 1. The molecule has 9 heteroatoms. The molecule has 7 nitrogen and oxygen atoms in total. The molecule has 1 amide bonds. The van der Waals surface area contributed by atoms with Crippen LogP contribution in [0.3, 0.4) is 0 Å². The van der Waals surface area contributed by atoms with Crippen LogP contribution in [0.4, 0.5) is 0 Å². The van der Waals surface area contributed by atoms with E-state index in [4.69, 9.17) is 4.74 Å². The van der Waals surface area contributed by atoms with E-state index in [1.165, 1.54) is 19.2 Å². The lowest BCUT2D eigenvalue weighted by Crippen LogP contribution is -2.55. The normalized spacial score (nSPS) is 21.2. The first-order chi connectivity index (χ1) is 12.2. The second-order valence-corrected chi connectivity index (χ2v) is 8.82. The fraction of sp³-hybridized carbons (Fsp3) is 0.611. The van der Waals surface area contributed by atoms with Gasteiger partial charge in [0.1, 0.15) is 11.8 Å². The first kappa shape index (κ1) is 23.7. The first-order valence-corrected chi connectivity index (χ1v) is 10.4. The Morgan fingerprint density at radius 1 is 1.26 bits per heavy atom. The van der Waals surface area contributed by atoms with Crippen LogP contribution in [0.2, 0.25) is 0 Å². The molecule has 154 valence electrons. The highest BCUT2D eigenvalue weighted by molar-refractivity contribution is 7.89. The van der Waals surface area contributed by atoms with Crippen molar-refractivity contribution in [2.24, 2.45) is 11.8 Å². The number of amides is 1. The molecule has 0 aliphatic carbocycles. The summed E-state index contributed by atoms with van der Waals surface area (Å²) in [4.78, 5) is 12.8. The molecule has 3 atom stereocenters. The molecule has 0 bridgehead atoms. The zero-order valence-corrected chi connectivity index (χ0v) is 17.8. The number of hydrogen-bond acceptors (Lipinski definition) is 5. The Morgan fingerprint density at radius 2 is 1.89 bits per heavy atom. The van der Waals surface area contributed by atoms with Crippen molar-refractivity contribution in [1.29, 1.82) is 0 Å². The summed E-state index contributed by atoms with van der Waals surface area (Å²) in [6, 6.07) is 5.31. The molecule has 1 saturated heterocycles. The smallest absolute Gasteiger partial charge is 0.241 e. The van der Waals surface area contributed by atoms with Gasteiger partial charge < -0.3 is 15.4 Å². The lowest BCUT2D eigenvalue weighted by molar-refractivity contribution is -0.124. The average Bonchev–Trinajstić information content (AvgIpc) is 2.61. The Morgan fingerprint density at radius 3 is 2.41 bits per heavy atom. The van der Waals surface area contributed by atoms with Gasteiger partial charge in [0.25, 0.3) is 0 Å². The number of benzene rings is 1. The van der Waals surface area contributed by atoms with Crippen molar-refractivity contribution in [1.82, 2.24) is 15.4 Å². The predicted octanol–water partition coefficient (Wildman–Crippen LogP) is 1.53. The summed E-state index contributed by atoms with van der Waals surface area (Å²) < 4.78 is 32.9. The fourth-order valence-corrected chi connectivity index (χ4v) is 4.33. The number of sulfonamides is 1. The van der Waals surface area contributed by atoms with Gasteiger partial charge in [-0.05, 0) is 55.6 Å². The summed E-state index contributed by atoms with van der Waals surface area (Å²) in [7, 11) is -2.29. The molecule has 0 radical (unpaired) electrons. The number of nitrogens with one attached hydrogen (secondary N) is 3. The summed E-state index contributed by atoms with van der Waals surface area (Å²) >= 11 is 0. The minimum Gasteiger partial charge on any atom is -0.497 e. The highest BCUT2D eigenvalue weighted by atomic mass is 35.5. The molecular weight excluding hydrogens is 390 g/mol. The second kappa shape index (κ2) is 10.3. The maximum Gasteiger partial charge on any atom is 0.241 e. The van der Waals surface area contributed by atoms with Gasteiger partial charge in [0.2, 0.25) is 15.9 Å². The SMILES string of the molecule is COc1ccc(S(=O)(=O)NC(C(=O)NC2CCNCC2C)C(C)C)cc1.Cl. The van der Waals surface area contributed by atoms with Crippen LogP contribution in [0, 0.1) is 11.8 Å². The Bertz CT molecular complexity index is 710. The highest BCUT2D eigenvalue weighted by Crippen LogP contribution is 2.17. The highest BCUT2D eigenvalue weighted by Gasteiger charge is 2.31. The van der Waals surface area contributed by atoms with E-state index in [1.54, 1.807) is 12.1 Å². The standard InChI is InChI=1S/C18H29N3O4S.ClH/c1-12(2)17(18(22)20-16-9-10-19-11-13(16)3)21-26(23,24)15-7-5-14(25-4)6-8-15;/h5-8,12-13,16-17,19,21H,9-11H2,1-4H3,(H,20,22);1H. The Hall–Kier alpha value is -1.35. The van der Waals surface area contributed by atoms with Crippen LogP contribution >= 0.6 is 12.4 Å². The van der Waals surface area contributed by atoms with Gasteiger partial charge in [-0.1, -0.05) is 20.8 Å². The quantitative estimate of drug-likeness (QED) is 0.622. The van der Waals surface area contributed by atoms with E-state index in [2.05, 4.69) is 22.3 Å². The summed E-state index contributed by atoms with van der Waals surface area (Å²) in [5.74, 6) is 0.414. The van der Waals surface area contributed by atoms with Gasteiger partial charge >= 0.3 is 0 Å². The number of methoxy groups -OCH3 is 1. The number of halogens is 1. The summed E-state index contributed by atoms with van der Waals surface area (Å²) in [6.45, 7) is 7.41. The Kier molecular flexibility index (Phi) is 9.01. The first-order valence-electron chi connectivity index (χ1n) is 8.92. The summed E-state index contributed by atoms with van der Waals surface area (Å²) in [5, 5.41) is 6.30. The lowest BCUT2D eigenvalue weighted by Gasteiger charge is -2.32. The largest absolute Gasteiger partial charge is 0.497 e. The van der Waals surface area contributed by atoms with Gasteiger partial charge in [-0.15, -0.1) is 12.4 Å². The van der Waals surface area contributed by atoms with Crippen LogP contribution in [0.25, 0.3) is 0 Å². The Balaban J connectivity index is 0.00000364. The molecule has 1 aliphatic heterocycles. The lowest BCUT2D eigenvalue weighted by atomic mass is 9.94. The van der Waals surface area contributed by atoms with E-state index in [1.807, 2.05) is 13.8 Å². The molecule has 1 heterocycles. The molecule has 1 fully saturated rings. The zero-order valence-electron chi connectivity index (χ0n) is 16.2. The van der Waals surface area contributed by atoms with Gasteiger partial charge in [0.05, 0.1) is 12.0 Å². The van der Waals surface area contributed by atoms with Gasteiger partial charge in [0.15, 0.2) is 0 Å². The van der Waals surface area contributed by atoms with Crippen LogP contribution in [0.15, 0.2) is 29.2 Å². The number of hydrogen-bond donors (Lipinski definition) is 3. The molecule has 0 spiro atoms. The van der Waals surface area contributed by atoms with E-state index < -0.39 is 16.1 Å². The fourth-order valence-electron chi connectivity index (χ4n) is 2.98. The molecular formula is C18H30ClN3O4S. The average molecular weight is 420 g/mol. The molecule has 1 aromatic carbocycles. The summed E-state index contributed by atoms with van der Waals surface area (Å²) in [5.41, 5.74) is 0. The van der Waals surface area contributed by atoms with Crippen LogP contribution in [-0.4, -0.2) is 46.6 Å². The third kappa shape index (κ3) is 6.34. The number of carbonyl (C=O) groups excluding carboxylic acids is 1. The topological polar surface area (TPSA) is 96.5 Å². The molecule has 2 rings (SSSR count). The van der Waals surface area contributed by atoms with E-state index >= 15 is 0 Å². The van der Waals surface area contributed by atoms with Crippen molar-refractivity contribution in [3.05, 3.63) is 24.3 Å². The van der Waals surface area contributed by atoms with Crippen LogP contribution in [0.1, 0.15) is 27.2 Å². The van der Waals surface area contributed by atoms with Gasteiger partial charge in [0, 0.05) is 6.04 Å². The van der Waals surface area contributed by atoms with Crippen molar-refractivity contribution in [2.45, 2.75) is 44.2 Å². The molecule has 0 aromatic heterocycles. The van der Waals surface area contributed by atoms with E-state index in [0.29, 0.717) is 11.7 Å². The molecule has 27 heavy (non-hydrogen) atoms. The number of ether oxygens (including phenoxy) is 1.